The second-order valence-electron chi connectivity index (χ2n) is 11.1. The molecule has 8 aromatic rings. The van der Waals surface area contributed by atoms with Crippen LogP contribution < -0.4 is 0 Å². The second kappa shape index (κ2) is 12.6. The molecule has 2 nitrogen and oxygen atoms in total. The summed E-state index contributed by atoms with van der Waals surface area (Å²) in [6.45, 7) is 6.32. The first-order valence-corrected chi connectivity index (χ1v) is 14.7. The number of rotatable bonds is 4. The number of fused-ring (bicyclic) bond motifs is 2. The van der Waals surface area contributed by atoms with E-state index >= 15 is 0 Å². The average molecular weight is 648 g/mol. The molecular weight excluding hydrogens is 616 g/mol. The summed E-state index contributed by atoms with van der Waals surface area (Å²) in [6, 6.07) is 46.8. The molecular formula is C41H32O2Zr. The topological polar surface area (TPSA) is 26.3 Å². The molecule has 0 atom stereocenters. The standard InChI is InChI=1S/C21H17O.C20H15O.Zr/c1-14-8-10-17-12-18(20-11-9-15(2)22-20)13-19(17)21(14)16-6-4-3-5-7-16;1-14-9-10-16-12-17(19-8-5-11-21-19)13-18(16)20(14)15-6-3-2-4-7-15;/h3-13H,1-2H3;2-13H,1H3;/q2*-1;+2. The molecule has 2 aromatic heterocycles. The van der Waals surface area contributed by atoms with Crippen LogP contribution in [0, 0.1) is 20.8 Å². The van der Waals surface area contributed by atoms with Crippen LogP contribution in [0.25, 0.3) is 66.4 Å². The molecule has 44 heavy (non-hydrogen) atoms. The van der Waals surface area contributed by atoms with E-state index in [0.717, 1.165) is 28.4 Å². The van der Waals surface area contributed by atoms with Gasteiger partial charge in [0, 0.05) is 0 Å². The Morgan fingerprint density at radius 1 is 0.500 bits per heavy atom. The van der Waals surface area contributed by atoms with Crippen molar-refractivity contribution in [1.82, 2.24) is 0 Å². The van der Waals surface area contributed by atoms with Crippen LogP contribution in [0.1, 0.15) is 16.9 Å². The third kappa shape index (κ3) is 5.73. The van der Waals surface area contributed by atoms with Crippen LogP contribution in [-0.4, -0.2) is 0 Å². The Labute approximate surface area is 277 Å². The van der Waals surface area contributed by atoms with Crippen LogP contribution in [0.15, 0.2) is 149 Å². The number of benzene rings is 4. The molecule has 0 unspecified atom stereocenters. The Morgan fingerprint density at radius 3 is 1.48 bits per heavy atom. The van der Waals surface area contributed by atoms with E-state index in [9.17, 15) is 0 Å². The molecule has 8 rings (SSSR count). The molecule has 0 aliphatic heterocycles. The predicted octanol–water partition coefficient (Wildman–Crippen LogP) is 11.9. The zero-order valence-electron chi connectivity index (χ0n) is 25.1. The van der Waals surface area contributed by atoms with E-state index in [2.05, 4.69) is 123 Å². The molecule has 3 heteroatoms. The van der Waals surface area contributed by atoms with Gasteiger partial charge in [0.1, 0.15) is 0 Å². The Balaban J connectivity index is 0.000000153. The Kier molecular flexibility index (Phi) is 8.51. The maximum absolute atomic E-state index is 5.77. The first-order chi connectivity index (χ1) is 21.0. The van der Waals surface area contributed by atoms with Gasteiger partial charge in [-0.1, -0.05) is 101 Å². The van der Waals surface area contributed by atoms with Crippen molar-refractivity contribution in [2.75, 3.05) is 0 Å². The molecule has 0 aliphatic rings. The molecule has 0 spiro atoms. The van der Waals surface area contributed by atoms with Crippen LogP contribution in [0.3, 0.4) is 0 Å². The second-order valence-corrected chi connectivity index (χ2v) is 11.1. The van der Waals surface area contributed by atoms with Crippen molar-refractivity contribution in [3.05, 3.63) is 157 Å². The molecule has 0 saturated carbocycles. The van der Waals surface area contributed by atoms with Gasteiger partial charge in [-0.3, -0.25) is 0 Å². The number of hydrogen-bond acceptors (Lipinski definition) is 2. The quantitative estimate of drug-likeness (QED) is 0.178. The van der Waals surface area contributed by atoms with E-state index in [1.807, 2.05) is 31.2 Å². The maximum atomic E-state index is 5.77. The summed E-state index contributed by atoms with van der Waals surface area (Å²) in [4.78, 5) is 0. The Hall–Kier alpha value is -4.46. The van der Waals surface area contributed by atoms with Crippen LogP contribution in [0.4, 0.5) is 0 Å². The van der Waals surface area contributed by atoms with Crippen molar-refractivity contribution in [3.63, 3.8) is 0 Å². The van der Waals surface area contributed by atoms with E-state index in [1.54, 1.807) is 6.26 Å². The van der Waals surface area contributed by atoms with Crippen LogP contribution in [0.2, 0.25) is 0 Å². The first-order valence-electron chi connectivity index (χ1n) is 14.7. The third-order valence-electron chi connectivity index (χ3n) is 8.15. The molecule has 0 radical (unpaired) electrons. The van der Waals surface area contributed by atoms with E-state index in [-0.39, 0.29) is 26.2 Å². The minimum absolute atomic E-state index is 0. The fourth-order valence-corrected chi connectivity index (χ4v) is 6.07. The number of aryl methyl sites for hydroxylation is 3. The van der Waals surface area contributed by atoms with E-state index < -0.39 is 0 Å². The zero-order valence-corrected chi connectivity index (χ0v) is 27.6. The summed E-state index contributed by atoms with van der Waals surface area (Å²) < 4.78 is 11.3. The Bertz CT molecular complexity index is 2140. The van der Waals surface area contributed by atoms with Crippen LogP contribution in [0.5, 0.6) is 0 Å². The van der Waals surface area contributed by atoms with Crippen molar-refractivity contribution < 1.29 is 35.0 Å². The SMILES string of the molecule is Cc1ccc(-c2cc3c(-c4ccccc4)c(C)ccc3[cH-]2)o1.Cc1ccc2[cH-]c(-c3ccco3)cc2c1-c1ccccc1.[Zr+2]. The van der Waals surface area contributed by atoms with Crippen LogP contribution in [-0.2, 0) is 26.2 Å². The monoisotopic (exact) mass is 646 g/mol. The maximum Gasteiger partial charge on any atom is 2.00 e. The van der Waals surface area contributed by atoms with Crippen LogP contribution >= 0.6 is 0 Å². The van der Waals surface area contributed by atoms with Crippen molar-refractivity contribution in [2.24, 2.45) is 0 Å². The molecule has 0 saturated heterocycles. The minimum Gasteiger partial charge on any atom is -0.499 e. The van der Waals surface area contributed by atoms with Crippen molar-refractivity contribution in [3.8, 4) is 44.9 Å². The van der Waals surface area contributed by atoms with Gasteiger partial charge in [0.05, 0.1) is 23.5 Å². The van der Waals surface area contributed by atoms with Gasteiger partial charge >= 0.3 is 26.2 Å². The summed E-state index contributed by atoms with van der Waals surface area (Å²) in [6.07, 6.45) is 1.72. The Morgan fingerprint density at radius 2 is 1.02 bits per heavy atom. The van der Waals surface area contributed by atoms with Crippen molar-refractivity contribution >= 4 is 21.5 Å². The normalized spacial score (nSPS) is 10.9. The predicted molar refractivity (Wildman–Crippen MR) is 180 cm³/mol. The molecule has 0 aliphatic carbocycles. The fraction of sp³-hybridized carbons (Fsp3) is 0.0732. The smallest absolute Gasteiger partial charge is 0.499 e. The number of furan rings is 2. The molecule has 0 N–H and O–H groups in total. The van der Waals surface area contributed by atoms with Gasteiger partial charge in [-0.25, -0.2) is 0 Å². The molecule has 2 heterocycles. The third-order valence-corrected chi connectivity index (χ3v) is 8.15. The van der Waals surface area contributed by atoms with E-state index in [4.69, 9.17) is 8.83 Å². The number of hydrogen-bond donors (Lipinski definition) is 0. The van der Waals surface area contributed by atoms with Gasteiger partial charge in [-0.15, -0.1) is 57.9 Å². The molecule has 212 valence electrons. The summed E-state index contributed by atoms with van der Waals surface area (Å²) >= 11 is 0. The van der Waals surface area contributed by atoms with Gasteiger partial charge in [0.2, 0.25) is 0 Å². The van der Waals surface area contributed by atoms with E-state index in [0.29, 0.717) is 0 Å². The first kappa shape index (κ1) is 29.6. The molecule has 0 fully saturated rings. The minimum atomic E-state index is 0. The summed E-state index contributed by atoms with van der Waals surface area (Å²) in [7, 11) is 0. The fourth-order valence-electron chi connectivity index (χ4n) is 6.07. The summed E-state index contributed by atoms with van der Waals surface area (Å²) in [5.41, 5.74) is 10.0. The average Bonchev–Trinajstić information content (AvgIpc) is 3.85. The van der Waals surface area contributed by atoms with Gasteiger partial charge in [-0.2, -0.15) is 0 Å². The summed E-state index contributed by atoms with van der Waals surface area (Å²) in [5.74, 6) is 2.80. The van der Waals surface area contributed by atoms with Crippen molar-refractivity contribution in [1.29, 1.82) is 0 Å². The van der Waals surface area contributed by atoms with Gasteiger partial charge in [-0.05, 0) is 61.2 Å². The van der Waals surface area contributed by atoms with Gasteiger partial charge in [0.25, 0.3) is 0 Å². The molecule has 0 bridgehead atoms. The van der Waals surface area contributed by atoms with Crippen molar-refractivity contribution in [2.45, 2.75) is 20.8 Å². The van der Waals surface area contributed by atoms with Gasteiger partial charge in [0.15, 0.2) is 0 Å². The molecule has 0 amide bonds. The largest absolute Gasteiger partial charge is 2.00 e. The summed E-state index contributed by atoms with van der Waals surface area (Å²) in [5, 5.41) is 5.09. The zero-order chi connectivity index (χ0) is 29.3. The van der Waals surface area contributed by atoms with E-state index in [1.165, 1.54) is 54.9 Å². The molecule has 6 aromatic carbocycles. The van der Waals surface area contributed by atoms with Gasteiger partial charge < -0.3 is 8.83 Å².